The number of rotatable bonds is 5. The maximum absolute atomic E-state index is 13.3. The first-order valence-electron chi connectivity index (χ1n) is 13.0. The first-order valence-corrected chi connectivity index (χ1v) is 13.8. The number of carbonyl (C=O) groups is 1. The van der Waals surface area contributed by atoms with Crippen LogP contribution in [0.25, 0.3) is 27.8 Å². The molecule has 3 aromatic carbocycles. The predicted octanol–water partition coefficient (Wildman–Crippen LogP) is 4.12. The van der Waals surface area contributed by atoms with Gasteiger partial charge in [0, 0.05) is 46.8 Å². The number of aliphatic hydroxyl groups excluding tert-OH is 1. The first kappa shape index (κ1) is 26.0. The molecule has 40 heavy (non-hydrogen) atoms. The Balaban J connectivity index is 1.19. The molecule has 3 heterocycles. The Morgan fingerprint density at radius 1 is 1.05 bits per heavy atom. The minimum atomic E-state index is -0.638. The molecule has 0 saturated carbocycles. The summed E-state index contributed by atoms with van der Waals surface area (Å²) >= 11 is 3.42. The Morgan fingerprint density at radius 3 is 2.55 bits per heavy atom. The summed E-state index contributed by atoms with van der Waals surface area (Å²) in [5.41, 5.74) is 10.2. The maximum Gasteiger partial charge on any atom is 0.264 e. The number of aliphatic hydroxyl groups is 1. The van der Waals surface area contributed by atoms with E-state index < -0.39 is 6.10 Å². The van der Waals surface area contributed by atoms with Crippen LogP contribution in [0, 0.1) is 5.92 Å². The quantitative estimate of drug-likeness (QED) is 0.294. The van der Waals surface area contributed by atoms with Crippen molar-refractivity contribution < 1.29 is 9.90 Å². The summed E-state index contributed by atoms with van der Waals surface area (Å²) in [6, 6.07) is 22.6. The number of likely N-dealkylation sites (tertiary alicyclic amines) is 1. The van der Waals surface area contributed by atoms with E-state index in [1.54, 1.807) is 21.7 Å². The molecule has 9 nitrogen and oxygen atoms in total. The zero-order valence-electron chi connectivity index (χ0n) is 21.5. The van der Waals surface area contributed by atoms with E-state index >= 15 is 0 Å². The van der Waals surface area contributed by atoms with Crippen molar-refractivity contribution in [3.63, 3.8) is 0 Å². The van der Waals surface area contributed by atoms with Crippen LogP contribution in [0.3, 0.4) is 0 Å². The van der Waals surface area contributed by atoms with Crippen molar-refractivity contribution in [2.24, 2.45) is 5.92 Å². The van der Waals surface area contributed by atoms with E-state index in [1.807, 2.05) is 60.7 Å². The molecule has 2 aromatic heterocycles. The fourth-order valence-corrected chi connectivity index (χ4v) is 5.49. The van der Waals surface area contributed by atoms with Crippen LogP contribution in [-0.2, 0) is 6.54 Å². The molecular formula is C30H27BrN6O3. The molecule has 3 N–H and O–H groups in total. The minimum absolute atomic E-state index is 0.110. The number of nitrogens with zero attached hydrogens (tertiary/aromatic N) is 5. The summed E-state index contributed by atoms with van der Waals surface area (Å²) in [7, 11) is 0. The summed E-state index contributed by atoms with van der Waals surface area (Å²) in [6.45, 7) is 1.01. The van der Waals surface area contributed by atoms with E-state index in [-0.39, 0.29) is 23.9 Å². The smallest absolute Gasteiger partial charge is 0.264 e. The van der Waals surface area contributed by atoms with Gasteiger partial charge in [0.2, 0.25) is 0 Å². The molecule has 1 saturated heterocycles. The highest BCUT2D eigenvalue weighted by atomic mass is 79.9. The molecule has 6 rings (SSSR count). The van der Waals surface area contributed by atoms with Crippen LogP contribution in [0.4, 0.5) is 5.69 Å². The van der Waals surface area contributed by atoms with Gasteiger partial charge in [-0.15, -0.1) is 0 Å². The third-order valence-corrected chi connectivity index (χ3v) is 7.97. The maximum atomic E-state index is 13.3. The number of nitrogens with two attached hydrogens (primary N) is 1. The Morgan fingerprint density at radius 2 is 1.80 bits per heavy atom. The van der Waals surface area contributed by atoms with Crippen LogP contribution in [0.5, 0.6) is 0 Å². The number of piperidine rings is 1. The van der Waals surface area contributed by atoms with Gasteiger partial charge < -0.3 is 15.7 Å². The summed E-state index contributed by atoms with van der Waals surface area (Å²) in [6.07, 6.45) is 2.80. The van der Waals surface area contributed by atoms with Gasteiger partial charge in [0.05, 0.1) is 24.3 Å². The Bertz CT molecular complexity index is 1750. The van der Waals surface area contributed by atoms with E-state index in [1.165, 1.54) is 17.1 Å². The number of carbonyl (C=O) groups excluding carboxylic acids is 1. The number of hydrogen-bond donors (Lipinski definition) is 2. The second-order valence-electron chi connectivity index (χ2n) is 10.0. The molecule has 1 aliphatic heterocycles. The lowest BCUT2D eigenvalue weighted by Gasteiger charge is -2.36. The highest BCUT2D eigenvalue weighted by Gasteiger charge is 2.31. The van der Waals surface area contributed by atoms with Crippen LogP contribution < -0.4 is 11.3 Å². The van der Waals surface area contributed by atoms with Gasteiger partial charge in [-0.1, -0.05) is 46.3 Å². The predicted molar refractivity (Wildman–Crippen MR) is 157 cm³/mol. The summed E-state index contributed by atoms with van der Waals surface area (Å²) in [5, 5.41) is 15.5. The van der Waals surface area contributed by atoms with E-state index in [0.717, 1.165) is 21.3 Å². The Kier molecular flexibility index (Phi) is 6.95. The van der Waals surface area contributed by atoms with Gasteiger partial charge in [0.25, 0.3) is 11.5 Å². The molecule has 1 amide bonds. The lowest BCUT2D eigenvalue weighted by molar-refractivity contribution is 0.0180. The van der Waals surface area contributed by atoms with Gasteiger partial charge in [-0.3, -0.25) is 14.2 Å². The Labute approximate surface area is 238 Å². The normalized spacial score (nSPS) is 17.3. The highest BCUT2D eigenvalue weighted by molar-refractivity contribution is 9.10. The molecular weight excluding hydrogens is 572 g/mol. The summed E-state index contributed by atoms with van der Waals surface area (Å²) in [4.78, 5) is 32.9. The standard InChI is InChI=1S/C30H27BrN6O3/c31-22-9-11-23(12-10-22)37-28-25(15-34-37)30(40)36(18-33-28)17-21-16-35(14-13-27(21)38)29(39)20-7-5-19(6-8-20)24-3-1-2-4-26(24)32/h1-12,15,18,21,27,38H,13-14,16-17,32H2. The number of benzene rings is 3. The lowest BCUT2D eigenvalue weighted by Crippen LogP contribution is -2.48. The zero-order valence-corrected chi connectivity index (χ0v) is 23.1. The minimum Gasteiger partial charge on any atom is -0.398 e. The van der Waals surface area contributed by atoms with E-state index in [9.17, 15) is 14.7 Å². The average Bonchev–Trinajstić information content (AvgIpc) is 3.41. The van der Waals surface area contributed by atoms with Crippen molar-refractivity contribution >= 4 is 38.6 Å². The van der Waals surface area contributed by atoms with Gasteiger partial charge in [-0.05, 0) is 54.4 Å². The molecule has 0 radical (unpaired) electrons. The van der Waals surface area contributed by atoms with E-state index in [0.29, 0.717) is 41.8 Å². The van der Waals surface area contributed by atoms with Gasteiger partial charge in [0.1, 0.15) is 5.39 Å². The molecule has 2 atom stereocenters. The first-order chi connectivity index (χ1) is 19.4. The van der Waals surface area contributed by atoms with E-state index in [4.69, 9.17) is 5.73 Å². The van der Waals surface area contributed by atoms with Crippen molar-refractivity contribution in [1.82, 2.24) is 24.2 Å². The van der Waals surface area contributed by atoms with Crippen molar-refractivity contribution in [2.45, 2.75) is 19.1 Å². The van der Waals surface area contributed by atoms with Crippen molar-refractivity contribution in [3.05, 3.63) is 106 Å². The van der Waals surface area contributed by atoms with Gasteiger partial charge in [0.15, 0.2) is 5.65 Å². The van der Waals surface area contributed by atoms with Crippen LogP contribution in [0.2, 0.25) is 0 Å². The SMILES string of the molecule is Nc1ccccc1-c1ccc(C(=O)N2CCC(O)C(Cn3cnc4c(cnn4-c4ccc(Br)cc4)c3=O)C2)cc1. The van der Waals surface area contributed by atoms with Crippen molar-refractivity contribution in [3.8, 4) is 16.8 Å². The van der Waals surface area contributed by atoms with Gasteiger partial charge >= 0.3 is 0 Å². The molecule has 0 spiro atoms. The molecule has 0 bridgehead atoms. The fourth-order valence-electron chi connectivity index (χ4n) is 5.22. The molecule has 5 aromatic rings. The fraction of sp³-hybridized carbons (Fsp3) is 0.200. The summed E-state index contributed by atoms with van der Waals surface area (Å²) in [5.74, 6) is -0.430. The molecule has 1 fully saturated rings. The van der Waals surface area contributed by atoms with Crippen LogP contribution in [0.15, 0.2) is 94.6 Å². The van der Waals surface area contributed by atoms with E-state index in [2.05, 4.69) is 26.0 Å². The van der Waals surface area contributed by atoms with Crippen molar-refractivity contribution in [2.75, 3.05) is 18.8 Å². The van der Waals surface area contributed by atoms with Crippen LogP contribution in [0.1, 0.15) is 16.8 Å². The second-order valence-corrected chi connectivity index (χ2v) is 10.9. The summed E-state index contributed by atoms with van der Waals surface area (Å²) < 4.78 is 4.06. The highest BCUT2D eigenvalue weighted by Crippen LogP contribution is 2.27. The molecule has 0 aliphatic carbocycles. The third-order valence-electron chi connectivity index (χ3n) is 7.44. The van der Waals surface area contributed by atoms with Gasteiger partial charge in [-0.25, -0.2) is 9.67 Å². The van der Waals surface area contributed by atoms with Crippen LogP contribution in [-0.4, -0.2) is 54.4 Å². The number of amides is 1. The molecule has 10 heteroatoms. The lowest BCUT2D eigenvalue weighted by atomic mass is 9.93. The monoisotopic (exact) mass is 598 g/mol. The number of hydrogen-bond acceptors (Lipinski definition) is 6. The second kappa shape index (κ2) is 10.7. The number of halogens is 1. The largest absolute Gasteiger partial charge is 0.398 e. The van der Waals surface area contributed by atoms with Gasteiger partial charge in [-0.2, -0.15) is 5.10 Å². The zero-order chi connectivity index (χ0) is 27.8. The average molecular weight is 599 g/mol. The molecule has 1 aliphatic rings. The van der Waals surface area contributed by atoms with Crippen molar-refractivity contribution in [1.29, 1.82) is 0 Å². The third kappa shape index (κ3) is 4.91. The number of aromatic nitrogens is 4. The topological polar surface area (TPSA) is 119 Å². The number of para-hydroxylation sites is 1. The number of nitrogen functional groups attached to an aromatic ring is 1. The number of anilines is 1. The molecule has 2 unspecified atom stereocenters. The molecule has 202 valence electrons. The Hall–Kier alpha value is -4.28. The van der Waals surface area contributed by atoms with Crippen LogP contribution >= 0.6 is 15.9 Å². The number of fused-ring (bicyclic) bond motifs is 1.